The van der Waals surface area contributed by atoms with Crippen molar-refractivity contribution in [3.05, 3.63) is 0 Å². The zero-order valence-electron chi connectivity index (χ0n) is 11.7. The fourth-order valence-electron chi connectivity index (χ4n) is 2.27. The molecule has 1 fully saturated rings. The van der Waals surface area contributed by atoms with Crippen LogP contribution in [0.4, 0.5) is 4.79 Å². The third-order valence-corrected chi connectivity index (χ3v) is 3.33. The summed E-state index contributed by atoms with van der Waals surface area (Å²) in [6.45, 7) is 5.60. The molecule has 1 saturated heterocycles. The predicted octanol–water partition coefficient (Wildman–Crippen LogP) is 1.45. The minimum Gasteiger partial charge on any atom is -0.481 e. The van der Waals surface area contributed by atoms with Gasteiger partial charge in [-0.3, -0.25) is 4.79 Å². The van der Waals surface area contributed by atoms with E-state index in [1.807, 2.05) is 6.92 Å². The molecule has 19 heavy (non-hydrogen) atoms. The van der Waals surface area contributed by atoms with Crippen LogP contribution in [0.2, 0.25) is 0 Å². The van der Waals surface area contributed by atoms with Gasteiger partial charge in [-0.25, -0.2) is 4.79 Å². The van der Waals surface area contributed by atoms with Crippen molar-refractivity contribution in [1.29, 1.82) is 0 Å². The van der Waals surface area contributed by atoms with E-state index in [0.29, 0.717) is 32.2 Å². The van der Waals surface area contributed by atoms with Crippen molar-refractivity contribution in [3.8, 4) is 0 Å². The highest BCUT2D eigenvalue weighted by Gasteiger charge is 2.24. The third-order valence-electron chi connectivity index (χ3n) is 3.33. The highest BCUT2D eigenvalue weighted by Crippen LogP contribution is 2.13. The molecular weight excluding hydrogens is 248 g/mol. The van der Waals surface area contributed by atoms with Gasteiger partial charge in [-0.1, -0.05) is 0 Å². The van der Waals surface area contributed by atoms with E-state index >= 15 is 0 Å². The summed E-state index contributed by atoms with van der Waals surface area (Å²) in [4.78, 5) is 23.7. The quantitative estimate of drug-likeness (QED) is 0.765. The van der Waals surface area contributed by atoms with Crippen LogP contribution in [0.25, 0.3) is 0 Å². The summed E-state index contributed by atoms with van der Waals surface area (Å²) in [6.07, 6.45) is 2.36. The van der Waals surface area contributed by atoms with Crippen molar-refractivity contribution in [2.24, 2.45) is 0 Å². The van der Waals surface area contributed by atoms with Crippen molar-refractivity contribution >= 4 is 12.1 Å². The molecule has 1 aliphatic heterocycles. The van der Waals surface area contributed by atoms with Crippen LogP contribution in [0, 0.1) is 0 Å². The Labute approximate surface area is 114 Å². The number of aliphatic carboxylic acids is 1. The van der Waals surface area contributed by atoms with E-state index in [2.05, 4.69) is 5.32 Å². The van der Waals surface area contributed by atoms with Crippen LogP contribution in [-0.4, -0.2) is 53.8 Å². The number of hydrogen-bond donors (Lipinski definition) is 2. The van der Waals surface area contributed by atoms with Crippen LogP contribution in [-0.2, 0) is 9.53 Å². The maximum absolute atomic E-state index is 11.5. The maximum Gasteiger partial charge on any atom is 0.409 e. The van der Waals surface area contributed by atoms with E-state index < -0.39 is 5.97 Å². The zero-order chi connectivity index (χ0) is 14.3. The summed E-state index contributed by atoms with van der Waals surface area (Å²) in [7, 11) is 0. The zero-order valence-corrected chi connectivity index (χ0v) is 11.7. The molecule has 110 valence electrons. The third kappa shape index (κ3) is 5.92. The number of ether oxygens (including phenoxy) is 1. The number of amides is 1. The molecule has 0 spiro atoms. The van der Waals surface area contributed by atoms with E-state index in [0.717, 1.165) is 12.8 Å². The first kappa shape index (κ1) is 15.8. The molecule has 1 atom stereocenters. The fraction of sp³-hybridized carbons (Fsp3) is 0.846. The summed E-state index contributed by atoms with van der Waals surface area (Å²) in [5.74, 6) is -0.759. The molecule has 1 rings (SSSR count). The maximum atomic E-state index is 11.5. The molecule has 1 unspecified atom stereocenters. The van der Waals surface area contributed by atoms with Gasteiger partial charge in [0.1, 0.15) is 0 Å². The van der Waals surface area contributed by atoms with Crippen LogP contribution in [0.3, 0.4) is 0 Å². The molecule has 6 heteroatoms. The molecular formula is C13H24N2O4. The fourth-order valence-corrected chi connectivity index (χ4v) is 2.27. The first-order chi connectivity index (χ1) is 9.02. The topological polar surface area (TPSA) is 78.9 Å². The van der Waals surface area contributed by atoms with Gasteiger partial charge in [0.2, 0.25) is 0 Å². The number of carbonyl (C=O) groups is 2. The average molecular weight is 272 g/mol. The Bertz CT molecular complexity index is 301. The van der Waals surface area contributed by atoms with Crippen LogP contribution in [0.1, 0.15) is 39.5 Å². The number of carboxylic acid groups (broad SMARTS) is 1. The summed E-state index contributed by atoms with van der Waals surface area (Å²) in [6, 6.07) is 0.546. The monoisotopic (exact) mass is 272 g/mol. The average Bonchev–Trinajstić information content (AvgIpc) is 2.37. The minimum absolute atomic E-state index is 0.190. The number of carboxylic acids is 1. The van der Waals surface area contributed by atoms with Crippen molar-refractivity contribution in [1.82, 2.24) is 10.2 Å². The van der Waals surface area contributed by atoms with Gasteiger partial charge in [0, 0.05) is 31.6 Å². The molecule has 0 aromatic heterocycles. The lowest BCUT2D eigenvalue weighted by Gasteiger charge is -2.33. The van der Waals surface area contributed by atoms with Crippen molar-refractivity contribution in [2.45, 2.75) is 51.6 Å². The minimum atomic E-state index is -0.759. The van der Waals surface area contributed by atoms with Gasteiger partial charge in [0.25, 0.3) is 0 Å². The standard InChI is InChI=1S/C13H24N2O4/c1-3-19-13(18)15-8-6-11(7-9-15)14-10(2)4-5-12(16)17/h10-11,14H,3-9H2,1-2H3,(H,16,17). The van der Waals surface area contributed by atoms with E-state index in [1.165, 1.54) is 0 Å². The second-order valence-corrected chi connectivity index (χ2v) is 4.96. The molecule has 0 aliphatic carbocycles. The SMILES string of the molecule is CCOC(=O)N1CCC(NC(C)CCC(=O)O)CC1. The molecule has 2 N–H and O–H groups in total. The summed E-state index contributed by atoms with van der Waals surface area (Å²) in [5.41, 5.74) is 0. The lowest BCUT2D eigenvalue weighted by molar-refractivity contribution is -0.137. The number of carbonyl (C=O) groups excluding carboxylic acids is 1. The normalized spacial score (nSPS) is 18.1. The Kier molecular flexibility index (Phi) is 6.62. The number of piperidine rings is 1. The Morgan fingerprint density at radius 2 is 2.05 bits per heavy atom. The molecule has 0 aromatic carbocycles. The van der Waals surface area contributed by atoms with Gasteiger partial charge >= 0.3 is 12.1 Å². The van der Waals surface area contributed by atoms with Crippen molar-refractivity contribution < 1.29 is 19.4 Å². The Balaban J connectivity index is 2.22. The number of nitrogens with zero attached hydrogens (tertiary/aromatic N) is 1. The van der Waals surface area contributed by atoms with E-state index in [9.17, 15) is 9.59 Å². The smallest absolute Gasteiger partial charge is 0.409 e. The van der Waals surface area contributed by atoms with Crippen LogP contribution in [0.15, 0.2) is 0 Å². The Morgan fingerprint density at radius 1 is 1.42 bits per heavy atom. The number of likely N-dealkylation sites (tertiary alicyclic amines) is 1. The van der Waals surface area contributed by atoms with Gasteiger partial charge in [-0.15, -0.1) is 0 Å². The molecule has 1 heterocycles. The highest BCUT2D eigenvalue weighted by molar-refractivity contribution is 5.67. The van der Waals surface area contributed by atoms with Gasteiger partial charge in [0.05, 0.1) is 6.61 Å². The highest BCUT2D eigenvalue weighted by atomic mass is 16.6. The Morgan fingerprint density at radius 3 is 2.58 bits per heavy atom. The van der Waals surface area contributed by atoms with Gasteiger partial charge in [-0.05, 0) is 33.1 Å². The van der Waals surface area contributed by atoms with Gasteiger partial charge in [0.15, 0.2) is 0 Å². The van der Waals surface area contributed by atoms with Crippen LogP contribution < -0.4 is 5.32 Å². The summed E-state index contributed by atoms with van der Waals surface area (Å²) < 4.78 is 4.96. The second kappa shape index (κ2) is 7.99. The molecule has 1 aliphatic rings. The number of nitrogens with one attached hydrogen (secondary N) is 1. The lowest BCUT2D eigenvalue weighted by Crippen LogP contribution is -2.47. The molecule has 0 aromatic rings. The summed E-state index contributed by atoms with van der Waals surface area (Å²) in [5, 5.41) is 12.1. The molecule has 0 radical (unpaired) electrons. The van der Waals surface area contributed by atoms with Gasteiger partial charge in [-0.2, -0.15) is 0 Å². The lowest BCUT2D eigenvalue weighted by atomic mass is 10.0. The predicted molar refractivity (Wildman–Crippen MR) is 71.1 cm³/mol. The Hall–Kier alpha value is -1.30. The molecule has 6 nitrogen and oxygen atoms in total. The van der Waals surface area contributed by atoms with Crippen molar-refractivity contribution in [3.63, 3.8) is 0 Å². The number of hydrogen-bond acceptors (Lipinski definition) is 4. The van der Waals surface area contributed by atoms with Crippen LogP contribution in [0.5, 0.6) is 0 Å². The van der Waals surface area contributed by atoms with E-state index in [4.69, 9.17) is 9.84 Å². The van der Waals surface area contributed by atoms with Crippen molar-refractivity contribution in [2.75, 3.05) is 19.7 Å². The first-order valence-corrected chi connectivity index (χ1v) is 6.92. The number of rotatable bonds is 6. The van der Waals surface area contributed by atoms with Crippen LogP contribution >= 0.6 is 0 Å². The molecule has 1 amide bonds. The second-order valence-electron chi connectivity index (χ2n) is 4.96. The van der Waals surface area contributed by atoms with E-state index in [-0.39, 0.29) is 18.6 Å². The van der Waals surface area contributed by atoms with E-state index in [1.54, 1.807) is 11.8 Å². The van der Waals surface area contributed by atoms with Gasteiger partial charge < -0.3 is 20.1 Å². The first-order valence-electron chi connectivity index (χ1n) is 6.92. The summed E-state index contributed by atoms with van der Waals surface area (Å²) >= 11 is 0. The molecule has 0 bridgehead atoms. The largest absolute Gasteiger partial charge is 0.481 e. The molecule has 0 saturated carbocycles.